The molecule has 0 spiro atoms. The predicted molar refractivity (Wildman–Crippen MR) is 109 cm³/mol. The van der Waals surface area contributed by atoms with E-state index in [1.165, 1.54) is 36.4 Å². The number of rotatable bonds is 7. The van der Waals surface area contributed by atoms with Gasteiger partial charge in [-0.1, -0.05) is 0 Å². The zero-order valence-corrected chi connectivity index (χ0v) is 16.7. The molecule has 3 rings (SSSR count). The molecule has 0 saturated heterocycles. The average Bonchev–Trinajstić information content (AvgIpc) is 3.04. The predicted octanol–water partition coefficient (Wildman–Crippen LogP) is 4.20. The zero-order chi connectivity index (χ0) is 21.7. The lowest BCUT2D eigenvalue weighted by Crippen LogP contribution is -2.38. The van der Waals surface area contributed by atoms with Crippen LogP contribution in [0.3, 0.4) is 0 Å². The molecule has 1 unspecified atom stereocenters. The first-order valence-electron chi connectivity index (χ1n) is 9.62. The number of amides is 3. The molecule has 0 aliphatic carbocycles. The summed E-state index contributed by atoms with van der Waals surface area (Å²) in [5, 5.41) is 8.88. The first kappa shape index (κ1) is 21.3. The summed E-state index contributed by atoms with van der Waals surface area (Å²) in [6.45, 7) is 4.32. The number of furan rings is 1. The number of hydrogen-bond donors (Lipinski definition) is 3. The van der Waals surface area contributed by atoms with Crippen LogP contribution in [0.4, 0.5) is 13.6 Å². The van der Waals surface area contributed by atoms with E-state index in [-0.39, 0.29) is 17.8 Å². The molecule has 1 aromatic heterocycles. The highest BCUT2D eigenvalue weighted by molar-refractivity contribution is 5.94. The zero-order valence-electron chi connectivity index (χ0n) is 16.7. The van der Waals surface area contributed by atoms with Crippen LogP contribution in [0, 0.1) is 18.6 Å². The Morgan fingerprint density at radius 1 is 1.00 bits per heavy atom. The number of hydrogen-bond acceptors (Lipinski definition) is 3. The summed E-state index contributed by atoms with van der Waals surface area (Å²) in [5.41, 5.74) is 1.72. The minimum atomic E-state index is -0.404. The van der Waals surface area contributed by atoms with Crippen LogP contribution in [0.5, 0.6) is 0 Å². The fourth-order valence-corrected chi connectivity index (χ4v) is 3.13. The van der Waals surface area contributed by atoms with E-state index in [2.05, 4.69) is 16.0 Å². The second kappa shape index (κ2) is 9.39. The van der Waals surface area contributed by atoms with Gasteiger partial charge in [0, 0.05) is 29.6 Å². The lowest BCUT2D eigenvalue weighted by Gasteiger charge is -2.13. The van der Waals surface area contributed by atoms with Gasteiger partial charge in [0.15, 0.2) is 0 Å². The van der Waals surface area contributed by atoms with E-state index in [1.54, 1.807) is 13.0 Å². The van der Waals surface area contributed by atoms with Crippen molar-refractivity contribution < 1.29 is 22.8 Å². The van der Waals surface area contributed by atoms with Crippen molar-refractivity contribution in [3.63, 3.8) is 0 Å². The van der Waals surface area contributed by atoms with Gasteiger partial charge >= 0.3 is 6.03 Å². The number of halogens is 2. The summed E-state index contributed by atoms with van der Waals surface area (Å²) in [6.07, 6.45) is 0.525. The Hall–Kier alpha value is -3.42. The topological polar surface area (TPSA) is 83.4 Å². The van der Waals surface area contributed by atoms with Gasteiger partial charge in [0.25, 0.3) is 5.91 Å². The standard InChI is InChI=1S/C22H23F2N3O3/c1-13-18-12-17(24)8-9-19(18)30-20(13)14(2)27-22(29)26-11-3-10-25-21(28)15-4-6-16(23)7-5-15/h4-9,12,14H,3,10-11H2,1-2H3,(H,25,28)(H2,26,27,29). The van der Waals surface area contributed by atoms with Crippen LogP contribution in [0.15, 0.2) is 46.9 Å². The summed E-state index contributed by atoms with van der Waals surface area (Å²) in [5.74, 6) is -0.481. The fraction of sp³-hybridized carbons (Fsp3) is 0.273. The highest BCUT2D eigenvalue weighted by atomic mass is 19.1. The van der Waals surface area contributed by atoms with Gasteiger partial charge in [-0.05, 0) is 62.7 Å². The molecule has 3 N–H and O–H groups in total. The highest BCUT2D eigenvalue weighted by Gasteiger charge is 2.18. The minimum Gasteiger partial charge on any atom is -0.459 e. The van der Waals surface area contributed by atoms with Crippen molar-refractivity contribution in [1.29, 1.82) is 0 Å². The number of fused-ring (bicyclic) bond motifs is 1. The Morgan fingerprint density at radius 3 is 2.40 bits per heavy atom. The Bertz CT molecular complexity index is 1050. The summed E-state index contributed by atoms with van der Waals surface area (Å²) < 4.78 is 32.1. The third-order valence-electron chi connectivity index (χ3n) is 4.71. The van der Waals surface area contributed by atoms with Crippen molar-refractivity contribution in [1.82, 2.24) is 16.0 Å². The molecule has 0 bridgehead atoms. The van der Waals surface area contributed by atoms with Crippen LogP contribution in [0.25, 0.3) is 11.0 Å². The Balaban J connectivity index is 1.42. The maximum Gasteiger partial charge on any atom is 0.315 e. The number of urea groups is 1. The molecule has 158 valence electrons. The molecule has 0 fully saturated rings. The molecule has 3 amide bonds. The summed E-state index contributed by atoms with van der Waals surface area (Å²) in [7, 11) is 0. The SMILES string of the molecule is Cc1c(C(C)NC(=O)NCCCNC(=O)c2ccc(F)cc2)oc2ccc(F)cc12. The maximum atomic E-state index is 13.4. The van der Waals surface area contributed by atoms with Gasteiger partial charge in [-0.15, -0.1) is 0 Å². The number of nitrogens with one attached hydrogen (secondary N) is 3. The van der Waals surface area contributed by atoms with Crippen LogP contribution in [0.2, 0.25) is 0 Å². The molecule has 0 radical (unpaired) electrons. The van der Waals surface area contributed by atoms with Crippen LogP contribution in [-0.4, -0.2) is 25.0 Å². The summed E-state index contributed by atoms with van der Waals surface area (Å²) >= 11 is 0. The van der Waals surface area contributed by atoms with Crippen molar-refractivity contribution in [2.24, 2.45) is 0 Å². The van der Waals surface area contributed by atoms with Gasteiger partial charge < -0.3 is 20.4 Å². The number of aryl methyl sites for hydroxylation is 1. The quantitative estimate of drug-likeness (QED) is 0.506. The normalized spacial score (nSPS) is 11.9. The van der Waals surface area contributed by atoms with E-state index in [9.17, 15) is 18.4 Å². The molecule has 0 aliphatic rings. The third-order valence-corrected chi connectivity index (χ3v) is 4.71. The van der Waals surface area contributed by atoms with Gasteiger partial charge in [0.1, 0.15) is 23.0 Å². The summed E-state index contributed by atoms with van der Waals surface area (Å²) in [4.78, 5) is 24.0. The average molecular weight is 415 g/mol. The van der Waals surface area contributed by atoms with Crippen molar-refractivity contribution in [3.05, 3.63) is 71.0 Å². The number of carbonyl (C=O) groups excluding carboxylic acids is 2. The van der Waals surface area contributed by atoms with Gasteiger partial charge in [-0.25, -0.2) is 13.6 Å². The molecule has 2 aromatic carbocycles. The Morgan fingerprint density at radius 2 is 1.67 bits per heavy atom. The number of carbonyl (C=O) groups is 2. The van der Waals surface area contributed by atoms with Crippen molar-refractivity contribution in [2.75, 3.05) is 13.1 Å². The molecule has 1 heterocycles. The van der Waals surface area contributed by atoms with Gasteiger partial charge in [0.05, 0.1) is 6.04 Å². The first-order chi connectivity index (χ1) is 14.3. The van der Waals surface area contributed by atoms with Gasteiger partial charge in [0.2, 0.25) is 0 Å². The number of benzene rings is 2. The molecular weight excluding hydrogens is 392 g/mol. The first-order valence-corrected chi connectivity index (χ1v) is 9.62. The molecule has 30 heavy (non-hydrogen) atoms. The minimum absolute atomic E-state index is 0.301. The lowest BCUT2D eigenvalue weighted by atomic mass is 10.1. The largest absolute Gasteiger partial charge is 0.459 e. The highest BCUT2D eigenvalue weighted by Crippen LogP contribution is 2.29. The monoisotopic (exact) mass is 415 g/mol. The van der Waals surface area contributed by atoms with E-state index in [1.807, 2.05) is 6.92 Å². The second-order valence-corrected chi connectivity index (χ2v) is 6.97. The molecule has 6 nitrogen and oxygen atoms in total. The van der Waals surface area contributed by atoms with Crippen molar-refractivity contribution in [2.45, 2.75) is 26.3 Å². The third kappa shape index (κ3) is 5.14. The Kier molecular flexibility index (Phi) is 6.66. The van der Waals surface area contributed by atoms with E-state index in [4.69, 9.17) is 4.42 Å². The summed E-state index contributed by atoms with van der Waals surface area (Å²) in [6, 6.07) is 8.79. The van der Waals surface area contributed by atoms with E-state index in [0.717, 1.165) is 5.56 Å². The molecule has 8 heteroatoms. The van der Waals surface area contributed by atoms with Crippen LogP contribution < -0.4 is 16.0 Å². The second-order valence-electron chi connectivity index (χ2n) is 6.97. The van der Waals surface area contributed by atoms with Crippen LogP contribution in [0.1, 0.15) is 41.1 Å². The molecule has 1 atom stereocenters. The maximum absolute atomic E-state index is 13.4. The molecule has 0 aliphatic heterocycles. The van der Waals surface area contributed by atoms with E-state index >= 15 is 0 Å². The molecular formula is C22H23F2N3O3. The van der Waals surface area contributed by atoms with E-state index in [0.29, 0.717) is 41.8 Å². The van der Waals surface area contributed by atoms with Crippen LogP contribution >= 0.6 is 0 Å². The molecule has 3 aromatic rings. The van der Waals surface area contributed by atoms with Crippen molar-refractivity contribution in [3.8, 4) is 0 Å². The lowest BCUT2D eigenvalue weighted by molar-refractivity contribution is 0.0953. The van der Waals surface area contributed by atoms with E-state index < -0.39 is 11.9 Å². The molecule has 0 saturated carbocycles. The van der Waals surface area contributed by atoms with Crippen LogP contribution in [-0.2, 0) is 0 Å². The van der Waals surface area contributed by atoms with Gasteiger partial charge in [-0.3, -0.25) is 4.79 Å². The smallest absolute Gasteiger partial charge is 0.315 e. The van der Waals surface area contributed by atoms with Gasteiger partial charge in [-0.2, -0.15) is 0 Å². The van der Waals surface area contributed by atoms with Crippen molar-refractivity contribution >= 4 is 22.9 Å². The fourth-order valence-electron chi connectivity index (χ4n) is 3.13. The Labute approximate surface area is 172 Å².